The van der Waals surface area contributed by atoms with Crippen molar-refractivity contribution in [3.8, 4) is 0 Å². The van der Waals surface area contributed by atoms with E-state index in [-0.39, 0.29) is 12.1 Å². The van der Waals surface area contributed by atoms with Gasteiger partial charge in [0.2, 0.25) is 0 Å². The molecule has 1 fully saturated rings. The molecule has 0 aromatic carbocycles. The number of urea groups is 1. The van der Waals surface area contributed by atoms with Crippen molar-refractivity contribution in [1.82, 2.24) is 15.3 Å². The lowest BCUT2D eigenvalue weighted by Gasteiger charge is -2.21. The molecule has 1 saturated carbocycles. The Hall–Kier alpha value is -1.89. The molecule has 3 N–H and O–H groups in total. The van der Waals surface area contributed by atoms with E-state index in [1.807, 2.05) is 19.0 Å². The summed E-state index contributed by atoms with van der Waals surface area (Å²) in [5.41, 5.74) is 0. The summed E-state index contributed by atoms with van der Waals surface area (Å²) in [6.07, 6.45) is 5.63. The van der Waals surface area contributed by atoms with E-state index in [1.165, 1.54) is 6.33 Å². The second-order valence-electron chi connectivity index (χ2n) is 5.57. The molecule has 2 atom stereocenters. The van der Waals surface area contributed by atoms with Crippen LogP contribution in [0.4, 0.5) is 16.4 Å². The molecule has 0 spiro atoms. The molecule has 116 valence electrons. The lowest BCUT2D eigenvalue weighted by molar-refractivity contribution is 0.124. The average Bonchev–Trinajstić information content (AvgIpc) is 2.64. The number of carbonyl (C=O) groups is 1. The van der Waals surface area contributed by atoms with Crippen molar-refractivity contribution in [2.75, 3.05) is 24.3 Å². The van der Waals surface area contributed by atoms with E-state index in [0.29, 0.717) is 5.82 Å². The number of aromatic nitrogens is 2. The summed E-state index contributed by atoms with van der Waals surface area (Å²) in [6, 6.07) is 1.16. The van der Waals surface area contributed by atoms with Gasteiger partial charge in [0.05, 0.1) is 12.1 Å². The van der Waals surface area contributed by atoms with Crippen LogP contribution in [0.2, 0.25) is 0 Å². The van der Waals surface area contributed by atoms with Crippen LogP contribution in [0, 0.1) is 0 Å². The molecular weight excluding hydrogens is 270 g/mol. The average molecular weight is 293 g/mol. The van der Waals surface area contributed by atoms with Gasteiger partial charge in [0.1, 0.15) is 18.0 Å². The smallest absolute Gasteiger partial charge is 0.320 e. The molecule has 0 saturated heterocycles. The lowest BCUT2D eigenvalue weighted by Crippen LogP contribution is -2.44. The van der Waals surface area contributed by atoms with Crippen molar-refractivity contribution >= 4 is 17.7 Å². The van der Waals surface area contributed by atoms with Gasteiger partial charge in [-0.25, -0.2) is 14.8 Å². The van der Waals surface area contributed by atoms with E-state index in [1.54, 1.807) is 6.07 Å². The van der Waals surface area contributed by atoms with Crippen LogP contribution in [0.15, 0.2) is 12.4 Å². The summed E-state index contributed by atoms with van der Waals surface area (Å²) >= 11 is 0. The summed E-state index contributed by atoms with van der Waals surface area (Å²) in [4.78, 5) is 22.0. The Morgan fingerprint density at radius 3 is 2.81 bits per heavy atom. The number of nitrogens with zero attached hydrogens (tertiary/aromatic N) is 3. The summed E-state index contributed by atoms with van der Waals surface area (Å²) in [6.45, 7) is 0. The second kappa shape index (κ2) is 7.21. The highest BCUT2D eigenvalue weighted by Gasteiger charge is 2.23. The largest absolute Gasteiger partial charge is 0.391 e. The minimum Gasteiger partial charge on any atom is -0.391 e. The van der Waals surface area contributed by atoms with Gasteiger partial charge in [-0.1, -0.05) is 19.3 Å². The Morgan fingerprint density at radius 1 is 1.29 bits per heavy atom. The van der Waals surface area contributed by atoms with Gasteiger partial charge in [-0.2, -0.15) is 0 Å². The summed E-state index contributed by atoms with van der Waals surface area (Å²) in [5, 5.41) is 15.5. The monoisotopic (exact) mass is 293 g/mol. The number of carbonyl (C=O) groups excluding carboxylic acids is 1. The molecule has 1 aromatic heterocycles. The first-order chi connectivity index (χ1) is 10.1. The fraction of sp³-hybridized carbons (Fsp3) is 0.643. The summed E-state index contributed by atoms with van der Waals surface area (Å²) in [5.74, 6) is 1.16. The third-order valence-electron chi connectivity index (χ3n) is 3.65. The molecule has 1 heterocycles. The number of anilines is 2. The van der Waals surface area contributed by atoms with Gasteiger partial charge in [-0.3, -0.25) is 5.32 Å². The van der Waals surface area contributed by atoms with Crippen LogP contribution in [0.3, 0.4) is 0 Å². The lowest BCUT2D eigenvalue weighted by atomic mass is 10.1. The van der Waals surface area contributed by atoms with Crippen LogP contribution < -0.4 is 15.5 Å². The molecular formula is C14H23N5O2. The number of rotatable bonds is 3. The number of nitrogens with one attached hydrogen (secondary N) is 2. The Balaban J connectivity index is 1.93. The molecule has 0 bridgehead atoms. The zero-order valence-electron chi connectivity index (χ0n) is 12.5. The normalized spacial score (nSPS) is 22.2. The zero-order chi connectivity index (χ0) is 15.2. The molecule has 7 heteroatoms. The highest BCUT2D eigenvalue weighted by Crippen LogP contribution is 2.18. The van der Waals surface area contributed by atoms with Crippen molar-refractivity contribution < 1.29 is 9.90 Å². The first-order valence-corrected chi connectivity index (χ1v) is 7.31. The van der Waals surface area contributed by atoms with Crippen molar-refractivity contribution in [2.24, 2.45) is 0 Å². The molecule has 1 aliphatic carbocycles. The van der Waals surface area contributed by atoms with E-state index in [2.05, 4.69) is 20.6 Å². The van der Waals surface area contributed by atoms with E-state index < -0.39 is 6.10 Å². The van der Waals surface area contributed by atoms with E-state index in [9.17, 15) is 9.90 Å². The molecule has 1 aromatic rings. The van der Waals surface area contributed by atoms with Crippen LogP contribution in [0.1, 0.15) is 32.1 Å². The van der Waals surface area contributed by atoms with Gasteiger partial charge in [0, 0.05) is 20.2 Å². The second-order valence-corrected chi connectivity index (χ2v) is 5.57. The number of aliphatic hydroxyl groups excluding tert-OH is 1. The van der Waals surface area contributed by atoms with Crippen molar-refractivity contribution in [3.63, 3.8) is 0 Å². The maximum absolute atomic E-state index is 12.0. The number of hydrogen-bond donors (Lipinski definition) is 3. The van der Waals surface area contributed by atoms with Crippen molar-refractivity contribution in [2.45, 2.75) is 44.2 Å². The first-order valence-electron chi connectivity index (χ1n) is 7.31. The molecule has 7 nitrogen and oxygen atoms in total. The quantitative estimate of drug-likeness (QED) is 0.732. The van der Waals surface area contributed by atoms with E-state index >= 15 is 0 Å². The molecule has 0 radical (unpaired) electrons. The van der Waals surface area contributed by atoms with E-state index in [4.69, 9.17) is 0 Å². The molecule has 0 unspecified atom stereocenters. The van der Waals surface area contributed by atoms with Crippen LogP contribution in [-0.2, 0) is 0 Å². The zero-order valence-corrected chi connectivity index (χ0v) is 12.5. The standard InChI is InChI=1S/C14H23N5O2/c1-19(2)13-8-12(15-9-16-13)18-14(21)17-10-6-4-3-5-7-11(10)20/h8-11,20H,3-7H2,1-2H3,(H2,15,16,17,18,21)/t10-,11-/m1/s1. The Labute approximate surface area is 124 Å². The maximum atomic E-state index is 12.0. The Kier molecular flexibility index (Phi) is 5.32. The van der Waals surface area contributed by atoms with Gasteiger partial charge in [0.25, 0.3) is 0 Å². The number of aliphatic hydroxyl groups is 1. The predicted molar refractivity (Wildman–Crippen MR) is 81.4 cm³/mol. The molecule has 1 aliphatic rings. The van der Waals surface area contributed by atoms with Crippen LogP contribution in [0.25, 0.3) is 0 Å². The highest BCUT2D eigenvalue weighted by atomic mass is 16.3. The van der Waals surface area contributed by atoms with Gasteiger partial charge >= 0.3 is 6.03 Å². The molecule has 2 amide bonds. The third kappa shape index (κ3) is 4.56. The minimum atomic E-state index is -0.471. The summed E-state index contributed by atoms with van der Waals surface area (Å²) < 4.78 is 0. The van der Waals surface area contributed by atoms with Crippen LogP contribution in [-0.4, -0.2) is 47.3 Å². The number of hydrogen-bond acceptors (Lipinski definition) is 5. The Morgan fingerprint density at radius 2 is 2.05 bits per heavy atom. The molecule has 21 heavy (non-hydrogen) atoms. The fourth-order valence-corrected chi connectivity index (χ4v) is 2.44. The van der Waals surface area contributed by atoms with Gasteiger partial charge in [0.15, 0.2) is 0 Å². The van der Waals surface area contributed by atoms with Crippen molar-refractivity contribution in [1.29, 1.82) is 0 Å². The summed E-state index contributed by atoms with van der Waals surface area (Å²) in [7, 11) is 3.74. The van der Waals surface area contributed by atoms with Gasteiger partial charge in [-0.05, 0) is 12.8 Å². The maximum Gasteiger partial charge on any atom is 0.320 e. The third-order valence-corrected chi connectivity index (χ3v) is 3.65. The fourth-order valence-electron chi connectivity index (χ4n) is 2.44. The minimum absolute atomic E-state index is 0.192. The predicted octanol–water partition coefficient (Wildman–Crippen LogP) is 1.36. The molecule has 0 aliphatic heterocycles. The van der Waals surface area contributed by atoms with Crippen LogP contribution >= 0.6 is 0 Å². The van der Waals surface area contributed by atoms with Crippen LogP contribution in [0.5, 0.6) is 0 Å². The highest BCUT2D eigenvalue weighted by molar-refractivity contribution is 5.88. The topological polar surface area (TPSA) is 90.4 Å². The number of amides is 2. The van der Waals surface area contributed by atoms with E-state index in [0.717, 1.165) is 37.9 Å². The van der Waals surface area contributed by atoms with Crippen molar-refractivity contribution in [3.05, 3.63) is 12.4 Å². The van der Waals surface area contributed by atoms with Gasteiger partial charge in [-0.15, -0.1) is 0 Å². The Bertz CT molecular complexity index is 480. The first kappa shape index (κ1) is 15.5. The molecule has 2 rings (SSSR count). The SMILES string of the molecule is CN(C)c1cc(NC(=O)N[C@@H]2CCCCC[C@H]2O)ncn1. The van der Waals surface area contributed by atoms with Gasteiger partial charge < -0.3 is 15.3 Å².